The lowest BCUT2D eigenvalue weighted by atomic mass is 9.48. The number of Topliss-reactive ketones (excluding diaryl/α,β-unsaturated/α-hetero) is 1. The van der Waals surface area contributed by atoms with Gasteiger partial charge in [0.25, 0.3) is 0 Å². The number of benzene rings is 4. The number of carbonyl (C=O) groups excluding carboxylic acids is 1. The summed E-state index contributed by atoms with van der Waals surface area (Å²) < 4.78 is 0. The molecule has 0 saturated heterocycles. The number of hydrogen-bond acceptors (Lipinski definition) is 4. The summed E-state index contributed by atoms with van der Waals surface area (Å²) in [6, 6.07) is 28.4. The van der Waals surface area contributed by atoms with E-state index >= 15 is 0 Å². The lowest BCUT2D eigenvalue weighted by Gasteiger charge is -2.53. The molecule has 8 heteroatoms. The minimum atomic E-state index is -1.89. The topological polar surface area (TPSA) is 84.9 Å². The summed E-state index contributed by atoms with van der Waals surface area (Å²) in [6.45, 7) is 3.83. The number of aryl methyl sites for hydroxylation is 2. The second-order valence-electron chi connectivity index (χ2n) is 11.2. The number of aliphatic hydroxyl groups is 1. The third-order valence-corrected chi connectivity index (χ3v) is 9.70. The van der Waals surface area contributed by atoms with Gasteiger partial charge < -0.3 is 5.11 Å². The predicted octanol–water partition coefficient (Wildman–Crippen LogP) is 9.61. The van der Waals surface area contributed by atoms with Crippen LogP contribution >= 0.6 is 46.4 Å². The molecule has 5 rings (SSSR count). The van der Waals surface area contributed by atoms with Gasteiger partial charge in [0.1, 0.15) is 5.60 Å². The minimum absolute atomic E-state index is 0.150. The van der Waals surface area contributed by atoms with E-state index in [9.17, 15) is 20.4 Å². The lowest BCUT2D eigenvalue weighted by Crippen LogP contribution is -2.56. The molecule has 43 heavy (non-hydrogen) atoms. The Bertz CT molecular complexity index is 1780. The van der Waals surface area contributed by atoms with Gasteiger partial charge in [-0.1, -0.05) is 118 Å². The fraction of sp³-hybridized carbons (Fsp3) is 0.229. The largest absolute Gasteiger partial charge is 0.384 e. The van der Waals surface area contributed by atoms with E-state index in [4.69, 9.17) is 46.4 Å². The quantitative estimate of drug-likeness (QED) is 0.219. The van der Waals surface area contributed by atoms with Gasteiger partial charge in [-0.15, -0.1) is 0 Å². The number of halogens is 4. The van der Waals surface area contributed by atoms with Crippen molar-refractivity contribution in [2.24, 2.45) is 11.3 Å². The van der Waals surface area contributed by atoms with Gasteiger partial charge in [-0.25, -0.2) is 0 Å². The van der Waals surface area contributed by atoms with Crippen LogP contribution in [0.2, 0.25) is 20.1 Å². The van der Waals surface area contributed by atoms with Crippen molar-refractivity contribution >= 4 is 52.2 Å². The smallest absolute Gasteiger partial charge is 0.169 e. The normalized spacial score (nSPS) is 22.8. The summed E-state index contributed by atoms with van der Waals surface area (Å²) in [5.74, 6) is -3.86. The fourth-order valence-corrected chi connectivity index (χ4v) is 7.46. The molecule has 1 N–H and O–H groups in total. The maximum absolute atomic E-state index is 14.7. The zero-order valence-electron chi connectivity index (χ0n) is 23.3. The van der Waals surface area contributed by atoms with E-state index in [0.717, 1.165) is 11.1 Å². The van der Waals surface area contributed by atoms with Crippen LogP contribution in [0, 0.1) is 47.8 Å². The molecule has 1 fully saturated rings. The van der Waals surface area contributed by atoms with Crippen molar-refractivity contribution in [3.63, 3.8) is 0 Å². The first-order chi connectivity index (χ1) is 20.4. The van der Waals surface area contributed by atoms with Crippen LogP contribution in [0.1, 0.15) is 56.4 Å². The zero-order valence-corrected chi connectivity index (χ0v) is 26.3. The Kier molecular flexibility index (Phi) is 8.65. The number of carbonyl (C=O) groups is 1. The number of nitriles is 2. The van der Waals surface area contributed by atoms with Gasteiger partial charge >= 0.3 is 0 Å². The molecule has 1 saturated carbocycles. The van der Waals surface area contributed by atoms with E-state index in [1.54, 1.807) is 48.5 Å². The predicted molar refractivity (Wildman–Crippen MR) is 171 cm³/mol. The molecule has 4 aromatic carbocycles. The highest BCUT2D eigenvalue weighted by Gasteiger charge is 2.65. The molecule has 0 spiro atoms. The summed E-state index contributed by atoms with van der Waals surface area (Å²) >= 11 is 26.0. The van der Waals surface area contributed by atoms with Crippen molar-refractivity contribution in [3.05, 3.63) is 138 Å². The molecule has 0 amide bonds. The molecule has 4 nitrogen and oxygen atoms in total. The summed E-state index contributed by atoms with van der Waals surface area (Å²) in [5, 5.41) is 36.1. The van der Waals surface area contributed by atoms with Crippen LogP contribution < -0.4 is 0 Å². The Balaban J connectivity index is 1.90. The fourth-order valence-electron chi connectivity index (χ4n) is 6.40. The first-order valence-electron chi connectivity index (χ1n) is 13.6. The SMILES string of the molecule is Cc1ccc(C(=O)C2C(c3ccc(Cl)cc3Cl)C(C#N)(C#N)C(c3ccc(Cl)cc3Cl)CC2(O)c2ccc(C)cc2)cc1. The van der Waals surface area contributed by atoms with Crippen LogP contribution in [0.4, 0.5) is 0 Å². The molecular formula is C35H26Cl4N2O2. The minimum Gasteiger partial charge on any atom is -0.384 e. The van der Waals surface area contributed by atoms with E-state index in [-0.39, 0.29) is 16.5 Å². The standard InChI is InChI=1S/C35H26Cl4N2O2/c1-20-3-7-22(8-4-20)33(42)32-31(27-14-12-25(37)16-30(27)39)34(18-40,19-41)28(26-13-11-24(36)15-29(26)38)17-35(32,43)23-9-5-21(2)6-10-23/h3-16,28,31-32,43H,17H2,1-2H3. The Hall–Kier alpha value is -3.35. The molecule has 0 bridgehead atoms. The third-order valence-electron chi connectivity index (χ3n) is 8.58. The number of nitrogens with zero attached hydrogens (tertiary/aromatic N) is 2. The summed E-state index contributed by atoms with van der Waals surface area (Å²) in [5.41, 5.74) is -0.224. The summed E-state index contributed by atoms with van der Waals surface area (Å²) in [4.78, 5) is 14.7. The van der Waals surface area contributed by atoms with Gasteiger partial charge in [-0.05, 0) is 61.2 Å². The molecule has 0 radical (unpaired) electrons. The van der Waals surface area contributed by atoms with Crippen molar-refractivity contribution in [2.45, 2.75) is 37.7 Å². The highest BCUT2D eigenvalue weighted by atomic mass is 35.5. The van der Waals surface area contributed by atoms with Gasteiger partial charge in [0.05, 0.1) is 18.1 Å². The van der Waals surface area contributed by atoms with Crippen molar-refractivity contribution in [2.75, 3.05) is 0 Å². The van der Waals surface area contributed by atoms with Crippen LogP contribution in [-0.4, -0.2) is 10.9 Å². The Labute approximate surface area is 271 Å². The molecule has 4 atom stereocenters. The average Bonchev–Trinajstić information content (AvgIpc) is 2.97. The van der Waals surface area contributed by atoms with E-state index in [2.05, 4.69) is 12.1 Å². The zero-order chi connectivity index (χ0) is 31.1. The van der Waals surface area contributed by atoms with Crippen molar-refractivity contribution in [1.29, 1.82) is 10.5 Å². The molecular weight excluding hydrogens is 622 g/mol. The Morgan fingerprint density at radius 1 is 0.767 bits per heavy atom. The monoisotopic (exact) mass is 646 g/mol. The molecule has 1 aliphatic rings. The van der Waals surface area contributed by atoms with Crippen LogP contribution in [0.25, 0.3) is 0 Å². The van der Waals surface area contributed by atoms with Crippen LogP contribution in [-0.2, 0) is 5.60 Å². The second-order valence-corrected chi connectivity index (χ2v) is 12.8. The number of rotatable bonds is 5. The van der Waals surface area contributed by atoms with E-state index in [1.165, 1.54) is 12.1 Å². The van der Waals surface area contributed by atoms with Crippen molar-refractivity contribution < 1.29 is 9.90 Å². The molecule has 216 valence electrons. The van der Waals surface area contributed by atoms with Gasteiger partial charge in [-0.3, -0.25) is 4.79 Å². The second kappa shape index (κ2) is 12.0. The maximum Gasteiger partial charge on any atom is 0.169 e. The molecule has 0 aromatic heterocycles. The molecule has 1 aliphatic carbocycles. The number of ketones is 1. The molecule has 0 heterocycles. The highest BCUT2D eigenvalue weighted by molar-refractivity contribution is 6.35. The maximum atomic E-state index is 14.7. The van der Waals surface area contributed by atoms with Crippen molar-refractivity contribution in [1.82, 2.24) is 0 Å². The lowest BCUT2D eigenvalue weighted by molar-refractivity contribution is -0.0782. The molecule has 0 aliphatic heterocycles. The summed E-state index contributed by atoms with van der Waals surface area (Å²) in [7, 11) is 0. The Morgan fingerprint density at radius 3 is 1.74 bits per heavy atom. The first kappa shape index (κ1) is 31.1. The first-order valence-corrected chi connectivity index (χ1v) is 15.1. The molecule has 4 unspecified atom stereocenters. The van der Waals surface area contributed by atoms with Crippen LogP contribution in [0.3, 0.4) is 0 Å². The Morgan fingerprint density at radius 2 is 1.26 bits per heavy atom. The van der Waals surface area contributed by atoms with Crippen molar-refractivity contribution in [3.8, 4) is 12.1 Å². The van der Waals surface area contributed by atoms with E-state index < -0.39 is 34.6 Å². The molecule has 4 aromatic rings. The van der Waals surface area contributed by atoms with E-state index in [1.807, 2.05) is 38.1 Å². The highest BCUT2D eigenvalue weighted by Crippen LogP contribution is 2.64. The summed E-state index contributed by atoms with van der Waals surface area (Å²) in [6.07, 6.45) is -0.150. The average molecular weight is 648 g/mol. The van der Waals surface area contributed by atoms with Gasteiger partial charge in [-0.2, -0.15) is 10.5 Å². The van der Waals surface area contributed by atoms with Crippen LogP contribution in [0.5, 0.6) is 0 Å². The van der Waals surface area contributed by atoms with Crippen LogP contribution in [0.15, 0.2) is 84.9 Å². The van der Waals surface area contributed by atoms with Gasteiger partial charge in [0.15, 0.2) is 11.2 Å². The van der Waals surface area contributed by atoms with E-state index in [0.29, 0.717) is 32.3 Å². The third kappa shape index (κ3) is 5.44. The van der Waals surface area contributed by atoms with Gasteiger partial charge in [0, 0.05) is 37.5 Å². The van der Waals surface area contributed by atoms with Gasteiger partial charge in [0.2, 0.25) is 0 Å². The number of hydrogen-bond donors (Lipinski definition) is 1.